The number of fused-ring (bicyclic) bond motifs is 1. The molecule has 1 aliphatic rings. The van der Waals surface area contributed by atoms with Crippen molar-refractivity contribution in [1.29, 1.82) is 0 Å². The normalized spacial score (nSPS) is 13.0. The maximum absolute atomic E-state index is 13.8. The molecule has 0 atom stereocenters. The second kappa shape index (κ2) is 5.74. The first-order chi connectivity index (χ1) is 10.1. The number of Topliss-reactive ketones (excluding diaryl/α,β-unsaturated/α-hetero) is 1. The molecule has 108 valence electrons. The Bertz CT molecular complexity index is 703. The van der Waals surface area contributed by atoms with E-state index in [0.29, 0.717) is 35.1 Å². The van der Waals surface area contributed by atoms with Crippen LogP contribution in [0, 0.1) is 5.82 Å². The number of hydrogen-bond donors (Lipinski definition) is 1. The number of para-hydroxylation sites is 1. The van der Waals surface area contributed by atoms with Crippen LogP contribution >= 0.6 is 11.6 Å². The first-order valence-electron chi connectivity index (χ1n) is 6.62. The van der Waals surface area contributed by atoms with Crippen LogP contribution in [0.2, 0.25) is 5.02 Å². The first-order valence-corrected chi connectivity index (χ1v) is 7.00. The van der Waals surface area contributed by atoms with Crippen molar-refractivity contribution in [1.82, 2.24) is 0 Å². The number of rotatable bonds is 3. The molecule has 3 rings (SSSR count). The fraction of sp³-hybridized carbons (Fsp3) is 0.188. The Morgan fingerprint density at radius 2 is 2.19 bits per heavy atom. The van der Waals surface area contributed by atoms with Crippen LogP contribution < -0.4 is 10.1 Å². The molecule has 2 aromatic rings. The van der Waals surface area contributed by atoms with E-state index in [-0.39, 0.29) is 12.2 Å². The van der Waals surface area contributed by atoms with Gasteiger partial charge in [0.1, 0.15) is 12.4 Å². The van der Waals surface area contributed by atoms with Gasteiger partial charge in [0.15, 0.2) is 11.5 Å². The van der Waals surface area contributed by atoms with Crippen molar-refractivity contribution in [2.45, 2.75) is 6.42 Å². The van der Waals surface area contributed by atoms with Crippen molar-refractivity contribution in [2.24, 2.45) is 0 Å². The van der Waals surface area contributed by atoms with Crippen LogP contribution in [0.15, 0.2) is 36.4 Å². The van der Waals surface area contributed by atoms with Crippen LogP contribution in [0.4, 0.5) is 10.1 Å². The number of anilines is 1. The third-order valence-electron chi connectivity index (χ3n) is 3.35. The molecule has 0 unspecified atom stereocenters. The van der Waals surface area contributed by atoms with Crippen LogP contribution in [0.3, 0.4) is 0 Å². The van der Waals surface area contributed by atoms with Crippen LogP contribution in [0.1, 0.15) is 15.9 Å². The van der Waals surface area contributed by atoms with Gasteiger partial charge in [-0.25, -0.2) is 4.39 Å². The minimum absolute atomic E-state index is 0.0250. The predicted molar refractivity (Wildman–Crippen MR) is 79.9 cm³/mol. The van der Waals surface area contributed by atoms with E-state index < -0.39 is 5.82 Å². The molecule has 0 aliphatic carbocycles. The number of carbonyl (C=O) groups excluding carboxylic acids is 1. The van der Waals surface area contributed by atoms with E-state index in [1.54, 1.807) is 18.2 Å². The standard InChI is InChI=1S/C16H13ClFNO2/c17-11-5-4-10(13(18)9-11)8-15(20)12-2-1-3-14-16(12)21-7-6-19-14/h1-5,9,19H,6-8H2. The number of benzene rings is 2. The number of halogens is 2. The van der Waals surface area contributed by atoms with E-state index in [9.17, 15) is 9.18 Å². The van der Waals surface area contributed by atoms with Crippen molar-refractivity contribution in [2.75, 3.05) is 18.5 Å². The summed E-state index contributed by atoms with van der Waals surface area (Å²) in [6.45, 7) is 1.21. The quantitative estimate of drug-likeness (QED) is 0.879. The smallest absolute Gasteiger partial charge is 0.171 e. The largest absolute Gasteiger partial charge is 0.489 e. The molecule has 0 aromatic heterocycles. The van der Waals surface area contributed by atoms with E-state index >= 15 is 0 Å². The Labute approximate surface area is 126 Å². The van der Waals surface area contributed by atoms with Crippen LogP contribution in [0.25, 0.3) is 0 Å². The fourth-order valence-corrected chi connectivity index (χ4v) is 2.48. The van der Waals surface area contributed by atoms with Gasteiger partial charge in [0.2, 0.25) is 0 Å². The van der Waals surface area contributed by atoms with Crippen molar-refractivity contribution < 1.29 is 13.9 Å². The molecule has 3 nitrogen and oxygen atoms in total. The van der Waals surface area contributed by atoms with E-state index in [1.807, 2.05) is 6.07 Å². The summed E-state index contributed by atoms with van der Waals surface area (Å²) in [5.74, 6) is -0.111. The number of hydrogen-bond acceptors (Lipinski definition) is 3. The van der Waals surface area contributed by atoms with Gasteiger partial charge in [-0.15, -0.1) is 0 Å². The first kappa shape index (κ1) is 13.9. The molecule has 0 amide bonds. The highest BCUT2D eigenvalue weighted by molar-refractivity contribution is 6.30. The zero-order valence-corrected chi connectivity index (χ0v) is 11.9. The highest BCUT2D eigenvalue weighted by Gasteiger charge is 2.20. The highest BCUT2D eigenvalue weighted by Crippen LogP contribution is 2.32. The molecule has 0 bridgehead atoms. The molecule has 1 aliphatic heterocycles. The second-order valence-electron chi connectivity index (χ2n) is 4.79. The van der Waals surface area contributed by atoms with E-state index in [4.69, 9.17) is 16.3 Å². The van der Waals surface area contributed by atoms with Crippen molar-refractivity contribution in [3.63, 3.8) is 0 Å². The third-order valence-corrected chi connectivity index (χ3v) is 3.58. The van der Waals surface area contributed by atoms with E-state index in [0.717, 1.165) is 5.69 Å². The minimum Gasteiger partial charge on any atom is -0.489 e. The average molecular weight is 306 g/mol. The Morgan fingerprint density at radius 3 is 3.00 bits per heavy atom. The lowest BCUT2D eigenvalue weighted by molar-refractivity contribution is 0.0988. The SMILES string of the molecule is O=C(Cc1ccc(Cl)cc1F)c1cccc2c1OCCN2. The van der Waals surface area contributed by atoms with Crippen molar-refractivity contribution in [3.8, 4) is 5.75 Å². The van der Waals surface area contributed by atoms with Crippen LogP contribution in [0.5, 0.6) is 5.75 Å². The molecule has 0 saturated carbocycles. The van der Waals surface area contributed by atoms with E-state index in [2.05, 4.69) is 5.32 Å². The lowest BCUT2D eigenvalue weighted by Gasteiger charge is -2.21. The zero-order chi connectivity index (χ0) is 14.8. The van der Waals surface area contributed by atoms with Crippen molar-refractivity contribution in [3.05, 3.63) is 58.4 Å². The molecule has 2 aromatic carbocycles. The summed E-state index contributed by atoms with van der Waals surface area (Å²) < 4.78 is 19.3. The Hall–Kier alpha value is -2.07. The van der Waals surface area contributed by atoms with Gasteiger partial charge in [0.25, 0.3) is 0 Å². The van der Waals surface area contributed by atoms with Gasteiger partial charge in [-0.05, 0) is 29.8 Å². The van der Waals surface area contributed by atoms with E-state index in [1.165, 1.54) is 12.1 Å². The molecule has 0 fully saturated rings. The number of ketones is 1. The van der Waals surface area contributed by atoms with Gasteiger partial charge in [-0.2, -0.15) is 0 Å². The summed E-state index contributed by atoms with van der Waals surface area (Å²) in [4.78, 5) is 12.4. The van der Waals surface area contributed by atoms with Crippen LogP contribution in [-0.4, -0.2) is 18.9 Å². The van der Waals surface area contributed by atoms with Crippen molar-refractivity contribution >= 4 is 23.1 Å². The molecule has 0 radical (unpaired) electrons. The number of ether oxygens (including phenoxy) is 1. The molecule has 5 heteroatoms. The van der Waals surface area contributed by atoms with Crippen LogP contribution in [-0.2, 0) is 6.42 Å². The molecular formula is C16H13ClFNO2. The molecule has 1 N–H and O–H groups in total. The molecule has 0 spiro atoms. The zero-order valence-electron chi connectivity index (χ0n) is 11.2. The summed E-state index contributed by atoms with van der Waals surface area (Å²) in [5, 5.41) is 3.49. The molecule has 1 heterocycles. The minimum atomic E-state index is -0.473. The molecule has 21 heavy (non-hydrogen) atoms. The Kier molecular flexibility index (Phi) is 3.80. The number of carbonyl (C=O) groups is 1. The summed E-state index contributed by atoms with van der Waals surface area (Å²) in [5.41, 5.74) is 1.59. The summed E-state index contributed by atoms with van der Waals surface area (Å²) in [6.07, 6.45) is -0.0250. The number of nitrogens with one attached hydrogen (secondary N) is 1. The monoisotopic (exact) mass is 305 g/mol. The van der Waals surface area contributed by atoms with Gasteiger partial charge in [-0.1, -0.05) is 23.7 Å². The molecular weight excluding hydrogens is 293 g/mol. The topological polar surface area (TPSA) is 38.3 Å². The lowest BCUT2D eigenvalue weighted by Crippen LogP contribution is -2.20. The second-order valence-corrected chi connectivity index (χ2v) is 5.23. The maximum atomic E-state index is 13.8. The Balaban J connectivity index is 1.89. The van der Waals surface area contributed by atoms with Gasteiger partial charge in [-0.3, -0.25) is 4.79 Å². The fourth-order valence-electron chi connectivity index (χ4n) is 2.32. The lowest BCUT2D eigenvalue weighted by atomic mass is 10.0. The third kappa shape index (κ3) is 2.85. The van der Waals surface area contributed by atoms with Gasteiger partial charge < -0.3 is 10.1 Å². The average Bonchev–Trinajstić information content (AvgIpc) is 2.49. The van der Waals surface area contributed by atoms with Gasteiger partial charge >= 0.3 is 0 Å². The summed E-state index contributed by atoms with van der Waals surface area (Å²) in [6, 6.07) is 9.65. The highest BCUT2D eigenvalue weighted by atomic mass is 35.5. The Morgan fingerprint density at radius 1 is 1.33 bits per heavy atom. The summed E-state index contributed by atoms with van der Waals surface area (Å²) in [7, 11) is 0. The van der Waals surface area contributed by atoms with Gasteiger partial charge in [0, 0.05) is 18.0 Å². The maximum Gasteiger partial charge on any atom is 0.171 e. The van der Waals surface area contributed by atoms with Gasteiger partial charge in [0.05, 0.1) is 11.3 Å². The predicted octanol–water partition coefficient (Wildman–Crippen LogP) is 3.71. The summed E-state index contributed by atoms with van der Waals surface area (Å²) >= 11 is 5.71. The molecule has 0 saturated heterocycles.